The van der Waals surface area contributed by atoms with Gasteiger partial charge in [-0.2, -0.15) is 5.26 Å². The van der Waals surface area contributed by atoms with E-state index in [9.17, 15) is 5.26 Å². The molecule has 162 valence electrons. The van der Waals surface area contributed by atoms with Gasteiger partial charge in [0.25, 0.3) is 0 Å². The van der Waals surface area contributed by atoms with Gasteiger partial charge in [0, 0.05) is 16.7 Å². The van der Waals surface area contributed by atoms with Gasteiger partial charge in [-0.3, -0.25) is 0 Å². The van der Waals surface area contributed by atoms with Gasteiger partial charge in [0.2, 0.25) is 10.8 Å². The Balaban J connectivity index is 1.96. The number of rotatable bonds is 8. The van der Waals surface area contributed by atoms with Gasteiger partial charge in [-0.15, -0.1) is 11.3 Å². The SMILES string of the molecule is [C-]#[N+]c1c(N)nc(SCc2csc(/N=C(\C)N)n2)c(C#N)c1-c1ccc(OCCO)cc1. The second kappa shape index (κ2) is 10.6. The van der Waals surface area contributed by atoms with Crippen LogP contribution < -0.4 is 16.2 Å². The number of aliphatic hydroxyl groups excluding tert-OH is 1. The number of hydrogen-bond donors (Lipinski definition) is 3. The van der Waals surface area contributed by atoms with Crippen LogP contribution in [0, 0.1) is 17.9 Å². The Hall–Kier alpha value is -3.64. The molecule has 2 heterocycles. The lowest BCUT2D eigenvalue weighted by molar-refractivity contribution is 0.201. The van der Waals surface area contributed by atoms with Crippen molar-refractivity contribution in [3.8, 4) is 22.9 Å². The summed E-state index contributed by atoms with van der Waals surface area (Å²) in [5.41, 5.74) is 13.9. The molecule has 11 heteroatoms. The topological polar surface area (TPSA) is 148 Å². The molecule has 2 aromatic heterocycles. The van der Waals surface area contributed by atoms with Gasteiger partial charge < -0.3 is 21.3 Å². The third-order valence-corrected chi connectivity index (χ3v) is 5.85. The monoisotopic (exact) mass is 465 g/mol. The fourth-order valence-electron chi connectivity index (χ4n) is 2.76. The highest BCUT2D eigenvalue weighted by Crippen LogP contribution is 2.42. The van der Waals surface area contributed by atoms with Crippen LogP contribution in [0.2, 0.25) is 0 Å². The van der Waals surface area contributed by atoms with Crippen molar-refractivity contribution in [2.45, 2.75) is 17.7 Å². The number of aromatic nitrogens is 2. The second-order valence-electron chi connectivity index (χ2n) is 6.38. The Morgan fingerprint density at radius 3 is 2.75 bits per heavy atom. The molecule has 0 bridgehead atoms. The van der Waals surface area contributed by atoms with Crippen molar-refractivity contribution in [2.75, 3.05) is 18.9 Å². The number of amidine groups is 1. The summed E-state index contributed by atoms with van der Waals surface area (Å²) in [5.74, 6) is 1.49. The molecule has 0 radical (unpaired) electrons. The van der Waals surface area contributed by atoms with Crippen LogP contribution in [0.15, 0.2) is 39.7 Å². The van der Waals surface area contributed by atoms with Crippen LogP contribution in [0.4, 0.5) is 16.6 Å². The molecular formula is C21H19N7O2S2. The molecular weight excluding hydrogens is 446 g/mol. The Kier molecular flexibility index (Phi) is 7.63. The van der Waals surface area contributed by atoms with Gasteiger partial charge in [0.1, 0.15) is 29.3 Å². The van der Waals surface area contributed by atoms with Crippen molar-refractivity contribution in [3.05, 3.63) is 52.3 Å². The number of aliphatic imine (C=N–C) groups is 1. The van der Waals surface area contributed by atoms with Crippen LogP contribution in [0.1, 0.15) is 18.2 Å². The first kappa shape index (κ1) is 23.0. The van der Waals surface area contributed by atoms with Crippen LogP contribution >= 0.6 is 23.1 Å². The lowest BCUT2D eigenvalue weighted by Gasteiger charge is -2.13. The predicted octanol–water partition coefficient (Wildman–Crippen LogP) is 3.88. The van der Waals surface area contributed by atoms with Gasteiger partial charge in [-0.25, -0.2) is 19.8 Å². The van der Waals surface area contributed by atoms with Crippen molar-refractivity contribution in [3.63, 3.8) is 0 Å². The van der Waals surface area contributed by atoms with E-state index < -0.39 is 0 Å². The minimum absolute atomic E-state index is 0.0550. The molecule has 0 atom stereocenters. The highest BCUT2D eigenvalue weighted by atomic mass is 32.2. The number of benzene rings is 1. The zero-order valence-corrected chi connectivity index (χ0v) is 18.7. The normalized spacial score (nSPS) is 11.1. The maximum Gasteiger partial charge on any atom is 0.236 e. The summed E-state index contributed by atoms with van der Waals surface area (Å²) in [7, 11) is 0. The summed E-state index contributed by atoms with van der Waals surface area (Å²) >= 11 is 2.68. The molecule has 3 aromatic rings. The number of thioether (sulfide) groups is 1. The standard InChI is InChI=1S/C21H19N7O2S2/c1-12(23)26-21-27-14(11-32-21)10-31-20-16(9-22)17(18(25-2)19(24)28-20)13-3-5-15(6-4-13)30-8-7-29/h3-6,11,29H,7-8,10H2,1H3,(H2,24,28)(H2,23,26,27). The van der Waals surface area contributed by atoms with E-state index in [4.69, 9.17) is 27.9 Å². The summed E-state index contributed by atoms with van der Waals surface area (Å²) in [4.78, 5) is 16.4. The highest BCUT2D eigenvalue weighted by Gasteiger charge is 2.21. The number of nitrogens with zero attached hydrogens (tertiary/aromatic N) is 5. The summed E-state index contributed by atoms with van der Waals surface area (Å²) in [6.07, 6.45) is 0. The molecule has 0 fully saturated rings. The summed E-state index contributed by atoms with van der Waals surface area (Å²) in [6.45, 7) is 9.32. The first-order valence-electron chi connectivity index (χ1n) is 9.30. The van der Waals surface area contributed by atoms with E-state index >= 15 is 0 Å². The summed E-state index contributed by atoms with van der Waals surface area (Å²) in [6, 6.07) is 9.08. The van der Waals surface area contributed by atoms with Gasteiger partial charge >= 0.3 is 0 Å². The third-order valence-electron chi connectivity index (χ3n) is 4.06. The average molecular weight is 466 g/mol. The van der Waals surface area contributed by atoms with Crippen LogP contribution in [0.5, 0.6) is 5.75 Å². The highest BCUT2D eigenvalue weighted by molar-refractivity contribution is 7.98. The Morgan fingerprint density at radius 2 is 2.12 bits per heavy atom. The van der Waals surface area contributed by atoms with Gasteiger partial charge in [0.05, 0.1) is 30.3 Å². The van der Waals surface area contributed by atoms with Crippen molar-refractivity contribution >= 4 is 45.6 Å². The Bertz CT molecular complexity index is 1220. The van der Waals surface area contributed by atoms with Crippen molar-refractivity contribution in [2.24, 2.45) is 10.7 Å². The summed E-state index contributed by atoms with van der Waals surface area (Å²) < 4.78 is 5.38. The molecule has 9 nitrogen and oxygen atoms in total. The molecule has 1 aromatic carbocycles. The molecule has 0 unspecified atom stereocenters. The number of nitriles is 1. The molecule has 32 heavy (non-hydrogen) atoms. The van der Waals surface area contributed by atoms with Crippen LogP contribution in [0.25, 0.3) is 16.0 Å². The molecule has 0 spiro atoms. The van der Waals surface area contributed by atoms with E-state index in [1.807, 2.05) is 5.38 Å². The van der Waals surface area contributed by atoms with E-state index in [0.717, 1.165) is 5.69 Å². The third kappa shape index (κ3) is 5.34. The first-order chi connectivity index (χ1) is 15.5. The zero-order chi connectivity index (χ0) is 23.1. The number of thiazole rings is 1. The molecule has 0 amide bonds. The van der Waals surface area contributed by atoms with Gasteiger partial charge in [-0.05, 0) is 24.6 Å². The fraction of sp³-hybridized carbons (Fsp3) is 0.190. The van der Waals surface area contributed by atoms with E-state index in [1.54, 1.807) is 31.2 Å². The Morgan fingerprint density at radius 1 is 1.38 bits per heavy atom. The lowest BCUT2D eigenvalue weighted by atomic mass is 10.00. The zero-order valence-electron chi connectivity index (χ0n) is 17.1. The van der Waals surface area contributed by atoms with E-state index in [2.05, 4.69) is 25.9 Å². The number of ether oxygens (including phenoxy) is 1. The number of hydrogen-bond acceptors (Lipinski definition) is 9. The van der Waals surface area contributed by atoms with Gasteiger partial charge in [-0.1, -0.05) is 23.9 Å². The first-order valence-corrected chi connectivity index (χ1v) is 11.2. The summed E-state index contributed by atoms with van der Waals surface area (Å²) in [5, 5.41) is 21.6. The molecule has 0 aliphatic heterocycles. The van der Waals surface area contributed by atoms with Crippen LogP contribution in [-0.4, -0.2) is 34.1 Å². The number of pyridine rings is 1. The van der Waals surface area contributed by atoms with Crippen molar-refractivity contribution < 1.29 is 9.84 Å². The van der Waals surface area contributed by atoms with Gasteiger partial charge in [0.15, 0.2) is 0 Å². The second-order valence-corrected chi connectivity index (χ2v) is 8.18. The lowest BCUT2D eigenvalue weighted by Crippen LogP contribution is -2.03. The van der Waals surface area contributed by atoms with E-state index in [1.165, 1.54) is 23.1 Å². The van der Waals surface area contributed by atoms with Crippen molar-refractivity contribution in [1.29, 1.82) is 5.26 Å². The van der Waals surface area contributed by atoms with Crippen LogP contribution in [0.3, 0.4) is 0 Å². The number of nitrogen functional groups attached to an aromatic ring is 1. The van der Waals surface area contributed by atoms with Crippen molar-refractivity contribution in [1.82, 2.24) is 9.97 Å². The quantitative estimate of drug-likeness (QED) is 0.196. The molecule has 0 saturated carbocycles. The fourth-order valence-corrected chi connectivity index (χ4v) is 4.50. The smallest absolute Gasteiger partial charge is 0.236 e. The van der Waals surface area contributed by atoms with E-state index in [-0.39, 0.29) is 30.3 Å². The largest absolute Gasteiger partial charge is 0.491 e. The minimum atomic E-state index is -0.0949. The maximum absolute atomic E-state index is 9.90. The molecule has 3 rings (SSSR count). The molecule has 0 aliphatic carbocycles. The predicted molar refractivity (Wildman–Crippen MR) is 126 cm³/mol. The molecule has 5 N–H and O–H groups in total. The van der Waals surface area contributed by atoms with Crippen LogP contribution in [-0.2, 0) is 5.75 Å². The van der Waals surface area contributed by atoms with E-state index in [0.29, 0.717) is 38.6 Å². The number of nitrogens with two attached hydrogens (primary N) is 2. The number of aliphatic hydroxyl groups is 1. The average Bonchev–Trinajstić information content (AvgIpc) is 3.22. The Labute approximate surface area is 193 Å². The molecule has 0 saturated heterocycles. The molecule has 0 aliphatic rings. The maximum atomic E-state index is 9.90. The minimum Gasteiger partial charge on any atom is -0.491 e. The number of anilines is 1.